The quantitative estimate of drug-likeness (QED) is 0.890. The van der Waals surface area contributed by atoms with E-state index in [1.165, 1.54) is 17.5 Å². The van der Waals surface area contributed by atoms with E-state index in [0.717, 1.165) is 18.8 Å². The lowest BCUT2D eigenvalue weighted by Crippen LogP contribution is -2.40. The first kappa shape index (κ1) is 14.4. The minimum Gasteiger partial charge on any atom is -0.496 e. The van der Waals surface area contributed by atoms with E-state index in [0.29, 0.717) is 17.3 Å². The summed E-state index contributed by atoms with van der Waals surface area (Å²) in [5.74, 6) is 2.13. The highest BCUT2D eigenvalue weighted by atomic mass is 16.5. The topological polar surface area (TPSA) is 21.3 Å². The van der Waals surface area contributed by atoms with Gasteiger partial charge in [0.15, 0.2) is 0 Å². The van der Waals surface area contributed by atoms with Crippen molar-refractivity contribution in [2.45, 2.75) is 46.0 Å². The average Bonchev–Trinajstić information content (AvgIpc) is 2.36. The number of benzene rings is 1. The number of ether oxygens (including phenoxy) is 1. The van der Waals surface area contributed by atoms with Crippen LogP contribution in [-0.4, -0.2) is 20.2 Å². The van der Waals surface area contributed by atoms with Crippen molar-refractivity contribution in [2.24, 2.45) is 5.41 Å². The summed E-state index contributed by atoms with van der Waals surface area (Å²) in [5, 5.41) is 3.57. The number of methoxy groups -OCH3 is 1. The molecule has 0 spiro atoms. The Bertz CT molecular complexity index is 437. The van der Waals surface area contributed by atoms with Gasteiger partial charge in [-0.1, -0.05) is 39.8 Å². The Balaban J connectivity index is 2.27. The Morgan fingerprint density at radius 1 is 1.32 bits per heavy atom. The Morgan fingerprint density at radius 2 is 2.05 bits per heavy atom. The molecule has 0 radical (unpaired) electrons. The van der Waals surface area contributed by atoms with Crippen molar-refractivity contribution in [3.63, 3.8) is 0 Å². The van der Waals surface area contributed by atoms with E-state index in [1.54, 1.807) is 7.11 Å². The molecule has 1 aromatic carbocycles. The highest BCUT2D eigenvalue weighted by Gasteiger charge is 2.29. The van der Waals surface area contributed by atoms with Crippen LogP contribution in [0, 0.1) is 5.41 Å². The normalized spacial score (nSPS) is 22.5. The number of rotatable bonds is 3. The predicted molar refractivity (Wildman–Crippen MR) is 81.1 cm³/mol. The summed E-state index contributed by atoms with van der Waals surface area (Å²) in [6, 6.07) is 6.71. The maximum absolute atomic E-state index is 5.47. The summed E-state index contributed by atoms with van der Waals surface area (Å²) in [7, 11) is 1.76. The number of nitrogens with one attached hydrogen (secondary N) is 1. The van der Waals surface area contributed by atoms with Crippen molar-refractivity contribution < 1.29 is 4.74 Å². The minimum atomic E-state index is 0.390. The SMILES string of the molecule is COc1ccc(C2CNCC(C)(C)C2)cc1C(C)C. The van der Waals surface area contributed by atoms with Gasteiger partial charge in [0.1, 0.15) is 5.75 Å². The molecule has 1 unspecified atom stereocenters. The van der Waals surface area contributed by atoms with Gasteiger partial charge < -0.3 is 10.1 Å². The highest BCUT2D eigenvalue weighted by Crippen LogP contribution is 2.36. The smallest absolute Gasteiger partial charge is 0.122 e. The fourth-order valence-electron chi connectivity index (χ4n) is 3.09. The van der Waals surface area contributed by atoms with Crippen LogP contribution in [0.2, 0.25) is 0 Å². The first-order chi connectivity index (χ1) is 8.93. The lowest BCUT2D eigenvalue weighted by molar-refractivity contribution is 0.239. The van der Waals surface area contributed by atoms with Gasteiger partial charge in [-0.05, 0) is 40.9 Å². The van der Waals surface area contributed by atoms with Gasteiger partial charge in [0.05, 0.1) is 7.11 Å². The Morgan fingerprint density at radius 3 is 2.63 bits per heavy atom. The van der Waals surface area contributed by atoms with Crippen LogP contribution in [0.1, 0.15) is 57.1 Å². The number of piperidine rings is 1. The highest BCUT2D eigenvalue weighted by molar-refractivity contribution is 5.40. The zero-order valence-corrected chi connectivity index (χ0v) is 12.9. The molecule has 2 heteroatoms. The summed E-state index contributed by atoms with van der Waals surface area (Å²) >= 11 is 0. The Kier molecular flexibility index (Phi) is 4.19. The minimum absolute atomic E-state index is 0.390. The molecule has 1 fully saturated rings. The van der Waals surface area contributed by atoms with E-state index in [9.17, 15) is 0 Å². The third kappa shape index (κ3) is 3.30. The van der Waals surface area contributed by atoms with E-state index in [1.807, 2.05) is 0 Å². The molecule has 1 saturated heterocycles. The molecule has 0 bridgehead atoms. The Labute approximate surface area is 117 Å². The molecule has 1 aliphatic rings. The lowest BCUT2D eigenvalue weighted by atomic mass is 9.76. The van der Waals surface area contributed by atoms with Gasteiger partial charge in [-0.3, -0.25) is 0 Å². The van der Waals surface area contributed by atoms with Crippen LogP contribution in [0.25, 0.3) is 0 Å². The second-order valence-corrected chi connectivity index (χ2v) is 6.85. The molecule has 0 amide bonds. The van der Waals surface area contributed by atoms with Gasteiger partial charge in [-0.2, -0.15) is 0 Å². The van der Waals surface area contributed by atoms with Crippen LogP contribution in [0.5, 0.6) is 5.75 Å². The second kappa shape index (κ2) is 5.54. The second-order valence-electron chi connectivity index (χ2n) is 6.85. The van der Waals surface area contributed by atoms with Crippen LogP contribution in [0.4, 0.5) is 0 Å². The largest absolute Gasteiger partial charge is 0.496 e. The van der Waals surface area contributed by atoms with Crippen molar-refractivity contribution in [3.05, 3.63) is 29.3 Å². The average molecular weight is 261 g/mol. The molecule has 1 aliphatic heterocycles. The van der Waals surface area contributed by atoms with Gasteiger partial charge in [-0.15, -0.1) is 0 Å². The van der Waals surface area contributed by atoms with Gasteiger partial charge in [0.25, 0.3) is 0 Å². The molecule has 0 saturated carbocycles. The lowest BCUT2D eigenvalue weighted by Gasteiger charge is -2.36. The van der Waals surface area contributed by atoms with Crippen LogP contribution in [0.15, 0.2) is 18.2 Å². The molecule has 1 atom stereocenters. The Hall–Kier alpha value is -1.02. The molecular formula is C17H27NO. The van der Waals surface area contributed by atoms with E-state index in [-0.39, 0.29) is 0 Å². The van der Waals surface area contributed by atoms with Gasteiger partial charge in [0.2, 0.25) is 0 Å². The van der Waals surface area contributed by atoms with Crippen LogP contribution >= 0.6 is 0 Å². The maximum Gasteiger partial charge on any atom is 0.122 e. The molecule has 1 heterocycles. The van der Waals surface area contributed by atoms with Gasteiger partial charge >= 0.3 is 0 Å². The zero-order chi connectivity index (χ0) is 14.0. The van der Waals surface area contributed by atoms with Crippen LogP contribution in [0.3, 0.4) is 0 Å². The summed E-state index contributed by atoms with van der Waals surface area (Å²) < 4.78 is 5.47. The van der Waals surface area contributed by atoms with E-state index in [4.69, 9.17) is 4.74 Å². The molecule has 2 rings (SSSR count). The molecule has 0 aromatic heterocycles. The van der Waals surface area contributed by atoms with Crippen molar-refractivity contribution in [2.75, 3.05) is 20.2 Å². The first-order valence-electron chi connectivity index (χ1n) is 7.31. The molecule has 1 aromatic rings. The van der Waals surface area contributed by atoms with Crippen molar-refractivity contribution in [1.82, 2.24) is 5.32 Å². The molecule has 1 N–H and O–H groups in total. The van der Waals surface area contributed by atoms with Crippen molar-refractivity contribution in [1.29, 1.82) is 0 Å². The molecule has 2 nitrogen and oxygen atoms in total. The molecule has 0 aliphatic carbocycles. The summed E-state index contributed by atoms with van der Waals surface area (Å²) in [5.41, 5.74) is 3.16. The number of hydrogen-bond acceptors (Lipinski definition) is 2. The van der Waals surface area contributed by atoms with E-state index >= 15 is 0 Å². The van der Waals surface area contributed by atoms with Crippen molar-refractivity contribution in [3.8, 4) is 5.75 Å². The van der Waals surface area contributed by atoms with Crippen LogP contribution < -0.4 is 10.1 Å². The fourth-order valence-corrected chi connectivity index (χ4v) is 3.09. The predicted octanol–water partition coefficient (Wildman–Crippen LogP) is 3.92. The van der Waals surface area contributed by atoms with Gasteiger partial charge in [-0.25, -0.2) is 0 Å². The fraction of sp³-hybridized carbons (Fsp3) is 0.647. The zero-order valence-electron chi connectivity index (χ0n) is 12.9. The standard InChI is InChI=1S/C17H27NO/c1-12(2)15-8-13(6-7-16(15)19-5)14-9-17(3,4)11-18-10-14/h6-8,12,14,18H,9-11H2,1-5H3. The van der Waals surface area contributed by atoms with Crippen LogP contribution in [-0.2, 0) is 0 Å². The molecule has 106 valence electrons. The third-order valence-electron chi connectivity index (χ3n) is 4.14. The first-order valence-corrected chi connectivity index (χ1v) is 7.31. The monoisotopic (exact) mass is 261 g/mol. The molecule has 19 heavy (non-hydrogen) atoms. The maximum atomic E-state index is 5.47. The number of hydrogen-bond donors (Lipinski definition) is 1. The van der Waals surface area contributed by atoms with Crippen molar-refractivity contribution >= 4 is 0 Å². The van der Waals surface area contributed by atoms with E-state index < -0.39 is 0 Å². The molecular weight excluding hydrogens is 234 g/mol. The van der Waals surface area contributed by atoms with Gasteiger partial charge in [0, 0.05) is 13.1 Å². The summed E-state index contributed by atoms with van der Waals surface area (Å²) in [6.45, 7) is 11.4. The third-order valence-corrected chi connectivity index (χ3v) is 4.14. The van der Waals surface area contributed by atoms with E-state index in [2.05, 4.69) is 51.2 Å². The summed E-state index contributed by atoms with van der Waals surface area (Å²) in [4.78, 5) is 0. The summed E-state index contributed by atoms with van der Waals surface area (Å²) in [6.07, 6.45) is 1.25.